The van der Waals surface area contributed by atoms with Crippen molar-refractivity contribution in [2.75, 3.05) is 20.7 Å². The molecule has 0 saturated heterocycles. The molecule has 2 rings (SSSR count). The average molecular weight is 534 g/mol. The number of nitrogens with two attached hydrogens (primary N) is 1. The first-order valence-electron chi connectivity index (χ1n) is 8.69. The molecule has 0 bridgehead atoms. The third-order valence-electron chi connectivity index (χ3n) is 3.89. The largest absolute Gasteiger partial charge is 0.493 e. The molecule has 4 N–H and O–H groups in total. The van der Waals surface area contributed by atoms with Gasteiger partial charge in [-0.15, -0.1) is 24.0 Å². The third-order valence-corrected chi connectivity index (χ3v) is 4.82. The summed E-state index contributed by atoms with van der Waals surface area (Å²) in [6.45, 7) is 2.95. The molecule has 0 aliphatic carbocycles. The fourth-order valence-corrected chi connectivity index (χ4v) is 2.93. The van der Waals surface area contributed by atoms with Gasteiger partial charge in [-0.3, -0.25) is 4.99 Å². The number of halogens is 1. The quantitative estimate of drug-likeness (QED) is 0.272. The van der Waals surface area contributed by atoms with E-state index in [0.717, 1.165) is 5.56 Å². The number of hydrogen-bond donors (Lipinski definition) is 3. The third kappa shape index (κ3) is 8.07. The number of aliphatic imine (C=N–C) groups is 1. The summed E-state index contributed by atoms with van der Waals surface area (Å²) in [6, 6.07) is 13.8. The summed E-state index contributed by atoms with van der Waals surface area (Å²) in [6.07, 6.45) is -0.121. The fraction of sp³-hybridized carbons (Fsp3) is 0.316. The smallest absolute Gasteiger partial charge is 0.238 e. The number of nitrogens with zero attached hydrogens (tertiary/aromatic N) is 1. The average Bonchev–Trinajstić information content (AvgIpc) is 2.68. The van der Waals surface area contributed by atoms with Crippen molar-refractivity contribution in [1.29, 1.82) is 0 Å². The molecule has 0 aliphatic rings. The molecule has 1 atom stereocenters. The molecule has 0 aliphatic heterocycles. The van der Waals surface area contributed by atoms with Crippen LogP contribution in [0.4, 0.5) is 0 Å². The second-order valence-electron chi connectivity index (χ2n) is 6.07. The van der Waals surface area contributed by atoms with Crippen LogP contribution in [0.25, 0.3) is 0 Å². The molecule has 2 aromatic carbocycles. The lowest BCUT2D eigenvalue weighted by atomic mass is 10.2. The second kappa shape index (κ2) is 11.8. The first-order valence-corrected chi connectivity index (χ1v) is 10.2. The predicted molar refractivity (Wildman–Crippen MR) is 125 cm³/mol. The molecule has 8 nitrogen and oxygen atoms in total. The van der Waals surface area contributed by atoms with Gasteiger partial charge in [0.1, 0.15) is 6.10 Å². The van der Waals surface area contributed by atoms with Crippen molar-refractivity contribution in [1.82, 2.24) is 10.6 Å². The highest BCUT2D eigenvalue weighted by atomic mass is 127. The van der Waals surface area contributed by atoms with Gasteiger partial charge < -0.3 is 20.1 Å². The van der Waals surface area contributed by atoms with Crippen molar-refractivity contribution in [3.05, 3.63) is 54.1 Å². The van der Waals surface area contributed by atoms with Gasteiger partial charge in [-0.1, -0.05) is 24.3 Å². The lowest BCUT2D eigenvalue weighted by molar-refractivity contribution is 0.213. The molecule has 29 heavy (non-hydrogen) atoms. The molecule has 0 aromatic heterocycles. The first-order chi connectivity index (χ1) is 13.3. The van der Waals surface area contributed by atoms with E-state index >= 15 is 0 Å². The van der Waals surface area contributed by atoms with Crippen LogP contribution in [-0.2, 0) is 16.6 Å². The molecule has 0 radical (unpaired) electrons. The molecular weight excluding hydrogens is 507 g/mol. The molecular formula is C19H27IN4O4S. The van der Waals surface area contributed by atoms with Crippen LogP contribution in [-0.4, -0.2) is 41.2 Å². The molecule has 160 valence electrons. The van der Waals surface area contributed by atoms with Crippen LogP contribution in [0.3, 0.4) is 0 Å². The summed E-state index contributed by atoms with van der Waals surface area (Å²) in [5.41, 5.74) is 0.897. The number of hydrogen-bond acceptors (Lipinski definition) is 5. The van der Waals surface area contributed by atoms with Gasteiger partial charge in [0.2, 0.25) is 10.0 Å². The lowest BCUT2D eigenvalue weighted by Gasteiger charge is -2.19. The number of benzene rings is 2. The minimum absolute atomic E-state index is 0. The molecule has 2 aromatic rings. The Balaban J connectivity index is 0.00000420. The van der Waals surface area contributed by atoms with Gasteiger partial charge in [0.15, 0.2) is 17.5 Å². The van der Waals surface area contributed by atoms with Gasteiger partial charge in [-0.05, 0) is 36.8 Å². The van der Waals surface area contributed by atoms with Crippen LogP contribution in [0.15, 0.2) is 58.4 Å². The number of para-hydroxylation sites is 2. The Morgan fingerprint density at radius 1 is 1.10 bits per heavy atom. The van der Waals surface area contributed by atoms with Crippen molar-refractivity contribution >= 4 is 40.0 Å². The van der Waals surface area contributed by atoms with Crippen molar-refractivity contribution in [2.24, 2.45) is 10.1 Å². The molecule has 0 spiro atoms. The van der Waals surface area contributed by atoms with E-state index in [4.69, 9.17) is 14.6 Å². The molecule has 0 saturated carbocycles. The summed E-state index contributed by atoms with van der Waals surface area (Å²) in [7, 11) is -0.409. The van der Waals surface area contributed by atoms with Crippen molar-refractivity contribution in [2.45, 2.75) is 24.5 Å². The Kier molecular flexibility index (Phi) is 10.2. The predicted octanol–water partition coefficient (Wildman–Crippen LogP) is 2.09. The second-order valence-corrected chi connectivity index (χ2v) is 7.64. The monoisotopic (exact) mass is 534 g/mol. The Bertz CT molecular complexity index is 905. The number of ether oxygens (including phenoxy) is 2. The van der Waals surface area contributed by atoms with Gasteiger partial charge in [0.25, 0.3) is 0 Å². The standard InChI is InChI=1S/C19H26N4O4S.HI/c1-14(27-18-7-5-4-6-17(18)26-3)12-22-19(21-2)23-13-15-8-10-16(11-9-15)28(20,24)25;/h4-11,14H,12-13H2,1-3H3,(H2,20,24,25)(H2,21,22,23);1H. The first kappa shape index (κ1) is 25.0. The normalized spacial score (nSPS) is 12.5. The van der Waals surface area contributed by atoms with Crippen LogP contribution in [0.2, 0.25) is 0 Å². The van der Waals surface area contributed by atoms with Crippen molar-refractivity contribution in [3.8, 4) is 11.5 Å². The highest BCUT2D eigenvalue weighted by molar-refractivity contribution is 14.0. The highest BCUT2D eigenvalue weighted by Crippen LogP contribution is 2.26. The zero-order chi connectivity index (χ0) is 20.6. The van der Waals surface area contributed by atoms with Gasteiger partial charge in [-0.2, -0.15) is 0 Å². The maximum Gasteiger partial charge on any atom is 0.238 e. The molecule has 1 unspecified atom stereocenters. The molecule has 10 heteroatoms. The van der Waals surface area contributed by atoms with Crippen molar-refractivity contribution < 1.29 is 17.9 Å². The summed E-state index contributed by atoms with van der Waals surface area (Å²) < 4.78 is 33.8. The lowest BCUT2D eigenvalue weighted by Crippen LogP contribution is -2.41. The van der Waals surface area contributed by atoms with E-state index in [9.17, 15) is 8.42 Å². The van der Waals surface area contributed by atoms with E-state index in [1.807, 2.05) is 31.2 Å². The summed E-state index contributed by atoms with van der Waals surface area (Å²) in [4.78, 5) is 4.26. The van der Waals surface area contributed by atoms with Crippen LogP contribution < -0.4 is 25.2 Å². The number of primary sulfonamides is 1. The number of methoxy groups -OCH3 is 1. The SMILES string of the molecule is CN=C(NCc1ccc(S(N)(=O)=O)cc1)NCC(C)Oc1ccccc1OC.I. The maximum absolute atomic E-state index is 11.3. The molecule has 0 heterocycles. The summed E-state index contributed by atoms with van der Waals surface area (Å²) >= 11 is 0. The van der Waals surface area contributed by atoms with Gasteiger partial charge in [-0.25, -0.2) is 13.6 Å². The number of nitrogens with one attached hydrogen (secondary N) is 2. The van der Waals surface area contributed by atoms with Gasteiger partial charge in [0.05, 0.1) is 18.6 Å². The van der Waals surface area contributed by atoms with E-state index in [0.29, 0.717) is 30.5 Å². The van der Waals surface area contributed by atoms with Crippen LogP contribution in [0.1, 0.15) is 12.5 Å². The van der Waals surface area contributed by atoms with E-state index in [1.165, 1.54) is 12.1 Å². The van der Waals surface area contributed by atoms with Crippen LogP contribution in [0.5, 0.6) is 11.5 Å². The van der Waals surface area contributed by atoms with Crippen molar-refractivity contribution in [3.63, 3.8) is 0 Å². The van der Waals surface area contributed by atoms with Gasteiger partial charge >= 0.3 is 0 Å². The molecule has 0 amide bonds. The van der Waals surface area contributed by atoms with E-state index in [1.54, 1.807) is 26.3 Å². The fourth-order valence-electron chi connectivity index (χ4n) is 2.42. The Morgan fingerprint density at radius 2 is 1.72 bits per heavy atom. The minimum atomic E-state index is -3.68. The maximum atomic E-state index is 11.3. The number of rotatable bonds is 8. The van der Waals surface area contributed by atoms with Crippen LogP contribution in [0, 0.1) is 0 Å². The Labute approximate surface area is 189 Å². The summed E-state index contributed by atoms with van der Waals surface area (Å²) in [5.74, 6) is 1.96. The Morgan fingerprint density at radius 3 is 2.28 bits per heavy atom. The molecule has 0 fully saturated rings. The van der Waals surface area contributed by atoms with E-state index in [2.05, 4.69) is 15.6 Å². The topological polar surface area (TPSA) is 115 Å². The number of sulfonamides is 1. The number of guanidine groups is 1. The summed E-state index contributed by atoms with van der Waals surface area (Å²) in [5, 5.41) is 11.5. The Hall–Kier alpha value is -2.05. The zero-order valence-corrected chi connectivity index (χ0v) is 19.7. The highest BCUT2D eigenvalue weighted by Gasteiger charge is 2.10. The van der Waals surface area contributed by atoms with Gasteiger partial charge in [0, 0.05) is 13.6 Å². The minimum Gasteiger partial charge on any atom is -0.493 e. The zero-order valence-electron chi connectivity index (χ0n) is 16.6. The van der Waals surface area contributed by atoms with E-state index < -0.39 is 10.0 Å². The van der Waals surface area contributed by atoms with Crippen LogP contribution >= 0.6 is 24.0 Å². The van der Waals surface area contributed by atoms with E-state index in [-0.39, 0.29) is 35.0 Å².